The van der Waals surface area contributed by atoms with E-state index >= 15 is 0 Å². The number of rotatable bonds is 7. The van der Waals surface area contributed by atoms with Crippen LogP contribution in [-0.4, -0.2) is 27.1 Å². The van der Waals surface area contributed by atoms with E-state index in [1.165, 1.54) is 0 Å². The average Bonchev–Trinajstić information content (AvgIpc) is 2.87. The standard InChI is InChI=1S/C14H19ClN4OS/c1-10(2)19-13(9-16)17-18-14(19)21-7-6-20-12-5-3-4-11(15)8-12/h3-5,8,10H,6-7,9,16H2,1-2H3. The number of benzene rings is 1. The van der Waals surface area contributed by atoms with Gasteiger partial charge in [-0.1, -0.05) is 29.4 Å². The highest BCUT2D eigenvalue weighted by Gasteiger charge is 2.13. The highest BCUT2D eigenvalue weighted by atomic mass is 35.5. The van der Waals surface area contributed by atoms with Crippen molar-refractivity contribution < 1.29 is 4.74 Å². The lowest BCUT2D eigenvalue weighted by Crippen LogP contribution is -2.11. The fourth-order valence-corrected chi connectivity index (χ4v) is 3.00. The van der Waals surface area contributed by atoms with Gasteiger partial charge in [0, 0.05) is 16.8 Å². The summed E-state index contributed by atoms with van der Waals surface area (Å²) in [5.74, 6) is 2.36. The summed E-state index contributed by atoms with van der Waals surface area (Å²) in [7, 11) is 0. The van der Waals surface area contributed by atoms with Crippen LogP contribution in [0.2, 0.25) is 5.02 Å². The van der Waals surface area contributed by atoms with Crippen LogP contribution in [0.15, 0.2) is 29.4 Å². The van der Waals surface area contributed by atoms with Crippen LogP contribution in [-0.2, 0) is 6.54 Å². The molecule has 7 heteroatoms. The maximum Gasteiger partial charge on any atom is 0.191 e. The van der Waals surface area contributed by atoms with Gasteiger partial charge in [0.05, 0.1) is 13.2 Å². The number of halogens is 1. The normalized spacial score (nSPS) is 11.1. The van der Waals surface area contributed by atoms with Crippen molar-refractivity contribution in [3.05, 3.63) is 35.1 Å². The summed E-state index contributed by atoms with van der Waals surface area (Å²) in [4.78, 5) is 0. The molecular formula is C14H19ClN4OS. The molecule has 1 aromatic heterocycles. The summed E-state index contributed by atoms with van der Waals surface area (Å²) >= 11 is 7.52. The third-order valence-electron chi connectivity index (χ3n) is 2.81. The van der Waals surface area contributed by atoms with Crippen molar-refractivity contribution in [3.8, 4) is 5.75 Å². The van der Waals surface area contributed by atoms with E-state index < -0.39 is 0 Å². The fourth-order valence-electron chi connectivity index (χ4n) is 1.91. The highest BCUT2D eigenvalue weighted by molar-refractivity contribution is 7.99. The van der Waals surface area contributed by atoms with E-state index in [4.69, 9.17) is 22.1 Å². The minimum Gasteiger partial charge on any atom is -0.493 e. The fraction of sp³-hybridized carbons (Fsp3) is 0.429. The molecule has 114 valence electrons. The Hall–Kier alpha value is -1.24. The first-order valence-electron chi connectivity index (χ1n) is 6.77. The Morgan fingerprint density at radius 2 is 2.19 bits per heavy atom. The number of nitrogens with two attached hydrogens (primary N) is 1. The summed E-state index contributed by atoms with van der Waals surface area (Å²) in [5, 5.41) is 9.85. The highest BCUT2D eigenvalue weighted by Crippen LogP contribution is 2.22. The number of ether oxygens (including phenoxy) is 1. The predicted octanol–water partition coefficient (Wildman–Crippen LogP) is 3.14. The third kappa shape index (κ3) is 4.36. The van der Waals surface area contributed by atoms with Crippen molar-refractivity contribution in [2.24, 2.45) is 5.73 Å². The molecule has 2 N–H and O–H groups in total. The zero-order chi connectivity index (χ0) is 15.2. The Morgan fingerprint density at radius 1 is 1.38 bits per heavy atom. The Balaban J connectivity index is 1.88. The quantitative estimate of drug-likeness (QED) is 0.625. The smallest absolute Gasteiger partial charge is 0.191 e. The van der Waals surface area contributed by atoms with Gasteiger partial charge in [-0.2, -0.15) is 0 Å². The monoisotopic (exact) mass is 326 g/mol. The van der Waals surface area contributed by atoms with Gasteiger partial charge in [-0.15, -0.1) is 10.2 Å². The van der Waals surface area contributed by atoms with E-state index in [1.807, 2.05) is 18.2 Å². The van der Waals surface area contributed by atoms with Crippen LogP contribution >= 0.6 is 23.4 Å². The van der Waals surface area contributed by atoms with Gasteiger partial charge in [0.2, 0.25) is 0 Å². The Labute approximate surface area is 133 Å². The van der Waals surface area contributed by atoms with Crippen LogP contribution in [0, 0.1) is 0 Å². The third-order valence-corrected chi connectivity index (χ3v) is 3.96. The molecule has 0 aliphatic heterocycles. The number of aromatic nitrogens is 3. The lowest BCUT2D eigenvalue weighted by molar-refractivity contribution is 0.343. The molecule has 0 bridgehead atoms. The molecule has 0 atom stereocenters. The minimum atomic E-state index is 0.287. The summed E-state index contributed by atoms with van der Waals surface area (Å²) in [6.07, 6.45) is 0. The van der Waals surface area contributed by atoms with Crippen molar-refractivity contribution in [1.82, 2.24) is 14.8 Å². The summed E-state index contributed by atoms with van der Waals surface area (Å²) in [6, 6.07) is 7.67. The molecule has 0 radical (unpaired) electrons. The Morgan fingerprint density at radius 3 is 2.86 bits per heavy atom. The lowest BCUT2D eigenvalue weighted by atomic mass is 10.3. The topological polar surface area (TPSA) is 66.0 Å². The van der Waals surface area contributed by atoms with E-state index in [-0.39, 0.29) is 6.04 Å². The summed E-state index contributed by atoms with van der Waals surface area (Å²) in [5.41, 5.74) is 5.68. The van der Waals surface area contributed by atoms with Crippen LogP contribution < -0.4 is 10.5 Å². The molecule has 0 saturated heterocycles. The molecule has 0 amide bonds. The van der Waals surface area contributed by atoms with E-state index in [1.54, 1.807) is 17.8 Å². The van der Waals surface area contributed by atoms with Gasteiger partial charge in [0.25, 0.3) is 0 Å². The molecule has 0 spiro atoms. The molecule has 5 nitrogen and oxygen atoms in total. The number of nitrogens with zero attached hydrogens (tertiary/aromatic N) is 3. The summed E-state index contributed by atoms with van der Waals surface area (Å²) < 4.78 is 7.71. The van der Waals surface area contributed by atoms with Gasteiger partial charge in [0.15, 0.2) is 5.16 Å². The molecule has 2 aromatic rings. The van der Waals surface area contributed by atoms with Crippen LogP contribution in [0.25, 0.3) is 0 Å². The van der Waals surface area contributed by atoms with Crippen molar-refractivity contribution in [3.63, 3.8) is 0 Å². The molecule has 21 heavy (non-hydrogen) atoms. The zero-order valence-electron chi connectivity index (χ0n) is 12.1. The SMILES string of the molecule is CC(C)n1c(CN)nnc1SCCOc1cccc(Cl)c1. The molecule has 0 aliphatic carbocycles. The molecule has 1 heterocycles. The van der Waals surface area contributed by atoms with Crippen molar-refractivity contribution >= 4 is 23.4 Å². The van der Waals surface area contributed by atoms with Crippen LogP contribution in [0.4, 0.5) is 0 Å². The van der Waals surface area contributed by atoms with Crippen molar-refractivity contribution in [1.29, 1.82) is 0 Å². The van der Waals surface area contributed by atoms with Crippen molar-refractivity contribution in [2.75, 3.05) is 12.4 Å². The molecule has 0 unspecified atom stereocenters. The second-order valence-corrected chi connectivity index (χ2v) is 6.22. The molecular weight excluding hydrogens is 308 g/mol. The van der Waals surface area contributed by atoms with E-state index in [0.29, 0.717) is 18.2 Å². The first-order chi connectivity index (χ1) is 10.1. The molecule has 0 saturated carbocycles. The Kier molecular flexibility index (Phi) is 5.90. The molecule has 0 aliphatic rings. The van der Waals surface area contributed by atoms with E-state index in [0.717, 1.165) is 22.5 Å². The number of hydrogen-bond donors (Lipinski definition) is 1. The average molecular weight is 327 g/mol. The Bertz CT molecular complexity index is 588. The summed E-state index contributed by atoms with van der Waals surface area (Å²) in [6.45, 7) is 5.16. The van der Waals surface area contributed by atoms with Gasteiger partial charge in [0.1, 0.15) is 11.6 Å². The number of hydrogen-bond acceptors (Lipinski definition) is 5. The van der Waals surface area contributed by atoms with Crippen LogP contribution in [0.3, 0.4) is 0 Å². The van der Waals surface area contributed by atoms with Crippen molar-refractivity contribution in [2.45, 2.75) is 31.6 Å². The minimum absolute atomic E-state index is 0.287. The predicted molar refractivity (Wildman–Crippen MR) is 86.0 cm³/mol. The first-order valence-corrected chi connectivity index (χ1v) is 8.13. The lowest BCUT2D eigenvalue weighted by Gasteiger charge is -2.12. The van der Waals surface area contributed by atoms with Gasteiger partial charge in [-0.25, -0.2) is 0 Å². The van der Waals surface area contributed by atoms with Crippen LogP contribution in [0.1, 0.15) is 25.7 Å². The van der Waals surface area contributed by atoms with Gasteiger partial charge < -0.3 is 15.0 Å². The molecule has 0 fully saturated rings. The maximum atomic E-state index is 5.91. The second-order valence-electron chi connectivity index (χ2n) is 4.72. The first kappa shape index (κ1) is 16.1. The van der Waals surface area contributed by atoms with Gasteiger partial charge in [-0.3, -0.25) is 0 Å². The largest absolute Gasteiger partial charge is 0.493 e. The molecule has 2 rings (SSSR count). The second kappa shape index (κ2) is 7.68. The van der Waals surface area contributed by atoms with Gasteiger partial charge >= 0.3 is 0 Å². The van der Waals surface area contributed by atoms with E-state index in [9.17, 15) is 0 Å². The van der Waals surface area contributed by atoms with Crippen LogP contribution in [0.5, 0.6) is 5.75 Å². The maximum absolute atomic E-state index is 5.91. The zero-order valence-corrected chi connectivity index (χ0v) is 13.7. The van der Waals surface area contributed by atoms with Gasteiger partial charge in [-0.05, 0) is 32.0 Å². The van der Waals surface area contributed by atoms with E-state index in [2.05, 4.69) is 28.6 Å². The molecule has 1 aromatic carbocycles. The number of thioether (sulfide) groups is 1.